The molecule has 2 atom stereocenters. The van der Waals surface area contributed by atoms with Gasteiger partial charge in [0.25, 0.3) is 0 Å². The Morgan fingerprint density at radius 3 is 2.56 bits per heavy atom. The van der Waals surface area contributed by atoms with E-state index in [1.54, 1.807) is 0 Å². The summed E-state index contributed by atoms with van der Waals surface area (Å²) >= 11 is 0. The Kier molecular flexibility index (Phi) is 5.93. The van der Waals surface area contributed by atoms with Crippen LogP contribution in [-0.4, -0.2) is 30.1 Å². The van der Waals surface area contributed by atoms with Crippen LogP contribution >= 0.6 is 0 Å². The van der Waals surface area contributed by atoms with Crippen molar-refractivity contribution in [3.8, 4) is 6.07 Å². The lowest BCUT2D eigenvalue weighted by Gasteiger charge is -2.27. The molecule has 0 aromatic heterocycles. The SMILES string of the molecule is CC(=O)O[C@@H]1CN(Cc2ccc(C)cc2)CC[C@@](C#N)(c2ccccc2)C1. The molecule has 2 aromatic carbocycles. The number of rotatable bonds is 4. The zero-order valence-corrected chi connectivity index (χ0v) is 16.0. The lowest BCUT2D eigenvalue weighted by Crippen LogP contribution is -2.34. The zero-order valence-electron chi connectivity index (χ0n) is 16.0. The van der Waals surface area contributed by atoms with Gasteiger partial charge >= 0.3 is 5.97 Å². The van der Waals surface area contributed by atoms with Gasteiger partial charge in [-0.2, -0.15) is 5.26 Å². The first-order valence-electron chi connectivity index (χ1n) is 9.43. The van der Waals surface area contributed by atoms with E-state index in [1.165, 1.54) is 18.1 Å². The molecule has 27 heavy (non-hydrogen) atoms. The monoisotopic (exact) mass is 362 g/mol. The van der Waals surface area contributed by atoms with Gasteiger partial charge in [0.15, 0.2) is 0 Å². The van der Waals surface area contributed by atoms with Crippen molar-refractivity contribution in [2.75, 3.05) is 13.1 Å². The van der Waals surface area contributed by atoms with Crippen LogP contribution in [0.1, 0.15) is 36.5 Å². The highest BCUT2D eigenvalue weighted by molar-refractivity contribution is 5.66. The van der Waals surface area contributed by atoms with Crippen LogP contribution in [0.5, 0.6) is 0 Å². The van der Waals surface area contributed by atoms with Crippen LogP contribution in [0, 0.1) is 18.3 Å². The van der Waals surface area contributed by atoms with Gasteiger partial charge in [-0.25, -0.2) is 0 Å². The minimum atomic E-state index is -0.636. The third-order valence-corrected chi connectivity index (χ3v) is 5.29. The van der Waals surface area contributed by atoms with Crippen molar-refractivity contribution in [1.82, 2.24) is 4.90 Å². The molecule has 1 aliphatic rings. The molecule has 4 heteroatoms. The Morgan fingerprint density at radius 2 is 1.93 bits per heavy atom. The first-order valence-corrected chi connectivity index (χ1v) is 9.43. The van der Waals surface area contributed by atoms with E-state index in [0.717, 1.165) is 25.1 Å². The topological polar surface area (TPSA) is 53.3 Å². The zero-order chi connectivity index (χ0) is 19.3. The van der Waals surface area contributed by atoms with Gasteiger partial charge in [-0.05, 0) is 24.5 Å². The standard InChI is InChI=1S/C23H26N2O2/c1-18-8-10-20(11-9-18)15-25-13-12-23(17-24,21-6-4-3-5-7-21)14-22(16-25)27-19(2)26/h3-11,22H,12-16H2,1-2H3/t22-,23+/m0/s1. The number of aryl methyl sites for hydroxylation is 1. The minimum absolute atomic E-state index is 0.294. The third kappa shape index (κ3) is 4.75. The Bertz CT molecular complexity index is 811. The molecule has 1 saturated heterocycles. The van der Waals surface area contributed by atoms with E-state index >= 15 is 0 Å². The number of nitriles is 1. The fourth-order valence-corrected chi connectivity index (χ4v) is 3.88. The molecule has 0 spiro atoms. The smallest absolute Gasteiger partial charge is 0.302 e. The van der Waals surface area contributed by atoms with Gasteiger partial charge < -0.3 is 4.74 Å². The predicted octanol–water partition coefficient (Wildman–Crippen LogP) is 3.98. The van der Waals surface area contributed by atoms with Crippen molar-refractivity contribution in [3.63, 3.8) is 0 Å². The first kappa shape index (κ1) is 19.1. The lowest BCUT2D eigenvalue weighted by molar-refractivity contribution is -0.147. The minimum Gasteiger partial charge on any atom is -0.461 e. The fourth-order valence-electron chi connectivity index (χ4n) is 3.88. The predicted molar refractivity (Wildman–Crippen MR) is 105 cm³/mol. The van der Waals surface area contributed by atoms with E-state index < -0.39 is 5.41 Å². The summed E-state index contributed by atoms with van der Waals surface area (Å²) in [6, 6.07) is 20.9. The Balaban J connectivity index is 1.85. The summed E-state index contributed by atoms with van der Waals surface area (Å²) in [4.78, 5) is 13.9. The maximum atomic E-state index is 11.6. The highest BCUT2D eigenvalue weighted by Crippen LogP contribution is 2.36. The molecule has 0 radical (unpaired) electrons. The van der Waals surface area contributed by atoms with Crippen molar-refractivity contribution in [3.05, 3.63) is 71.3 Å². The molecule has 1 heterocycles. The average Bonchev–Trinajstić information content (AvgIpc) is 2.84. The Hall–Kier alpha value is -2.64. The molecule has 2 aromatic rings. The first-order chi connectivity index (χ1) is 13.0. The molecule has 0 N–H and O–H groups in total. The summed E-state index contributed by atoms with van der Waals surface area (Å²) in [5.74, 6) is -0.294. The fraction of sp³-hybridized carbons (Fsp3) is 0.391. The molecule has 1 aliphatic heterocycles. The second kappa shape index (κ2) is 8.37. The molecule has 0 unspecified atom stereocenters. The number of carbonyl (C=O) groups excluding carboxylic acids is 1. The number of benzene rings is 2. The molecule has 0 bridgehead atoms. The van der Waals surface area contributed by atoms with E-state index in [1.807, 2.05) is 30.3 Å². The van der Waals surface area contributed by atoms with Crippen molar-refractivity contribution >= 4 is 5.97 Å². The van der Waals surface area contributed by atoms with Gasteiger partial charge in [-0.15, -0.1) is 0 Å². The number of likely N-dealkylation sites (tertiary alicyclic amines) is 1. The second-order valence-electron chi connectivity index (χ2n) is 7.47. The van der Waals surface area contributed by atoms with Gasteiger partial charge in [-0.1, -0.05) is 60.2 Å². The molecule has 4 nitrogen and oxygen atoms in total. The van der Waals surface area contributed by atoms with Gasteiger partial charge in [0.2, 0.25) is 0 Å². The second-order valence-corrected chi connectivity index (χ2v) is 7.47. The van der Waals surface area contributed by atoms with Crippen molar-refractivity contribution in [2.45, 2.75) is 44.8 Å². The lowest BCUT2D eigenvalue weighted by atomic mass is 9.75. The quantitative estimate of drug-likeness (QED) is 0.772. The summed E-state index contributed by atoms with van der Waals surface area (Å²) in [5.41, 5.74) is 2.83. The molecule has 1 fully saturated rings. The molecular formula is C23H26N2O2. The maximum Gasteiger partial charge on any atom is 0.302 e. The summed E-state index contributed by atoms with van der Waals surface area (Å²) in [5, 5.41) is 10.1. The Morgan fingerprint density at radius 1 is 1.22 bits per heavy atom. The number of carbonyl (C=O) groups is 1. The van der Waals surface area contributed by atoms with Crippen LogP contribution in [0.2, 0.25) is 0 Å². The largest absolute Gasteiger partial charge is 0.461 e. The van der Waals surface area contributed by atoms with Gasteiger partial charge in [-0.3, -0.25) is 9.69 Å². The van der Waals surface area contributed by atoms with Crippen LogP contribution in [0.15, 0.2) is 54.6 Å². The number of nitrogens with zero attached hydrogens (tertiary/aromatic N) is 2. The summed E-state index contributed by atoms with van der Waals surface area (Å²) in [6.07, 6.45) is 0.949. The molecule has 3 rings (SSSR count). The number of hydrogen-bond donors (Lipinski definition) is 0. The van der Waals surface area contributed by atoms with Crippen molar-refractivity contribution in [1.29, 1.82) is 5.26 Å². The van der Waals surface area contributed by atoms with Crippen molar-refractivity contribution < 1.29 is 9.53 Å². The van der Waals surface area contributed by atoms with E-state index in [9.17, 15) is 10.1 Å². The summed E-state index contributed by atoms with van der Waals surface area (Å²) < 4.78 is 5.61. The van der Waals surface area contributed by atoms with Crippen molar-refractivity contribution in [2.24, 2.45) is 0 Å². The normalized spacial score (nSPS) is 23.2. The molecule has 0 amide bonds. The summed E-state index contributed by atoms with van der Waals surface area (Å²) in [6.45, 7) is 5.73. The van der Waals surface area contributed by atoms with Crippen LogP contribution in [0.3, 0.4) is 0 Å². The van der Waals surface area contributed by atoms with Crippen LogP contribution in [0.4, 0.5) is 0 Å². The third-order valence-electron chi connectivity index (χ3n) is 5.29. The van der Waals surface area contributed by atoms with Crippen LogP contribution in [-0.2, 0) is 21.5 Å². The van der Waals surface area contributed by atoms with E-state index in [-0.39, 0.29) is 12.1 Å². The average molecular weight is 362 g/mol. The van der Waals surface area contributed by atoms with Gasteiger partial charge in [0.1, 0.15) is 6.10 Å². The van der Waals surface area contributed by atoms with Gasteiger partial charge in [0.05, 0.1) is 11.5 Å². The van der Waals surface area contributed by atoms with Gasteiger partial charge in [0, 0.05) is 33.0 Å². The summed E-state index contributed by atoms with van der Waals surface area (Å²) in [7, 11) is 0. The maximum absolute atomic E-state index is 11.6. The molecule has 140 valence electrons. The van der Waals surface area contributed by atoms with Crippen LogP contribution < -0.4 is 0 Å². The number of esters is 1. The Labute approximate surface area is 161 Å². The van der Waals surface area contributed by atoms with E-state index in [4.69, 9.17) is 4.74 Å². The van der Waals surface area contributed by atoms with Crippen LogP contribution in [0.25, 0.3) is 0 Å². The molecular weight excluding hydrogens is 336 g/mol. The van der Waals surface area contributed by atoms with E-state index in [0.29, 0.717) is 13.0 Å². The highest BCUT2D eigenvalue weighted by atomic mass is 16.5. The van der Waals surface area contributed by atoms with E-state index in [2.05, 4.69) is 42.2 Å². The number of hydrogen-bond acceptors (Lipinski definition) is 4. The molecule has 0 aliphatic carbocycles. The number of ether oxygens (including phenoxy) is 1. The highest BCUT2D eigenvalue weighted by Gasteiger charge is 2.39. The molecule has 0 saturated carbocycles.